The van der Waals surface area contributed by atoms with Gasteiger partial charge in [-0.15, -0.1) is 0 Å². The van der Waals surface area contributed by atoms with Gasteiger partial charge in [0.1, 0.15) is 11.3 Å². The monoisotopic (exact) mass is 289 g/mol. The Balaban J connectivity index is 3.53. The largest absolute Gasteiger partial charge is 0.497 e. The molecule has 0 spiro atoms. The van der Waals surface area contributed by atoms with Gasteiger partial charge < -0.3 is 9.84 Å². The second-order valence-corrected chi connectivity index (χ2v) is 3.44. The van der Waals surface area contributed by atoms with Crippen molar-refractivity contribution in [3.05, 3.63) is 33.4 Å². The summed E-state index contributed by atoms with van der Waals surface area (Å²) in [5, 5.41) is 19.8. The van der Waals surface area contributed by atoms with E-state index in [4.69, 9.17) is 9.84 Å². The predicted molar refractivity (Wildman–Crippen MR) is 59.2 cm³/mol. The van der Waals surface area contributed by atoms with Crippen LogP contribution in [0, 0.1) is 10.1 Å². The lowest BCUT2D eigenvalue weighted by atomic mass is 10.1. The van der Waals surface area contributed by atoms with Crippen molar-refractivity contribution < 1.29 is 19.6 Å². The molecule has 1 aromatic rings. The molecule has 0 aliphatic rings. The number of benzene rings is 1. The lowest BCUT2D eigenvalue weighted by molar-refractivity contribution is -0.385. The molecule has 0 heterocycles. The number of carbonyl (C=O) groups is 1. The molecule has 0 aliphatic heterocycles. The first-order chi connectivity index (χ1) is 7.51. The maximum atomic E-state index is 10.9. The van der Waals surface area contributed by atoms with Crippen LogP contribution in [0.2, 0.25) is 0 Å². The van der Waals surface area contributed by atoms with Crippen LogP contribution < -0.4 is 4.74 Å². The van der Waals surface area contributed by atoms with Gasteiger partial charge in [0, 0.05) is 17.0 Å². The number of ether oxygens (including phenoxy) is 1. The number of nitro groups is 1. The first-order valence-electron chi connectivity index (χ1n) is 4.15. The molecule has 0 bridgehead atoms. The lowest BCUT2D eigenvalue weighted by Gasteiger charge is -2.06. The highest BCUT2D eigenvalue weighted by molar-refractivity contribution is 9.08. The molecule has 6 nitrogen and oxygen atoms in total. The van der Waals surface area contributed by atoms with Gasteiger partial charge in [-0.25, -0.2) is 4.79 Å². The van der Waals surface area contributed by atoms with Crippen LogP contribution in [0.15, 0.2) is 12.1 Å². The number of aromatic carboxylic acids is 1. The normalized spacial score (nSPS) is 9.88. The summed E-state index contributed by atoms with van der Waals surface area (Å²) < 4.78 is 4.88. The van der Waals surface area contributed by atoms with Gasteiger partial charge in [-0.05, 0) is 6.07 Å². The number of rotatable bonds is 4. The molecule has 7 heteroatoms. The van der Waals surface area contributed by atoms with E-state index < -0.39 is 16.6 Å². The van der Waals surface area contributed by atoms with E-state index in [0.717, 1.165) is 6.07 Å². The number of alkyl halides is 1. The Hall–Kier alpha value is -1.63. The van der Waals surface area contributed by atoms with E-state index in [1.54, 1.807) is 0 Å². The maximum absolute atomic E-state index is 10.9. The minimum absolute atomic E-state index is 0.181. The average molecular weight is 290 g/mol. The lowest BCUT2D eigenvalue weighted by Crippen LogP contribution is -2.06. The third kappa shape index (κ3) is 2.30. The summed E-state index contributed by atoms with van der Waals surface area (Å²) in [5.74, 6) is -1.08. The van der Waals surface area contributed by atoms with Crippen molar-refractivity contribution in [3.63, 3.8) is 0 Å². The molecule has 1 rings (SSSR count). The van der Waals surface area contributed by atoms with Crippen LogP contribution in [0.1, 0.15) is 15.9 Å². The van der Waals surface area contributed by atoms with Gasteiger partial charge in [-0.1, -0.05) is 15.9 Å². The molecule has 0 radical (unpaired) electrons. The molecule has 0 saturated carbocycles. The van der Waals surface area contributed by atoms with Crippen molar-refractivity contribution in [2.24, 2.45) is 0 Å². The van der Waals surface area contributed by atoms with E-state index in [2.05, 4.69) is 15.9 Å². The fraction of sp³-hybridized carbons (Fsp3) is 0.222. The number of nitro benzene ring substituents is 1. The quantitative estimate of drug-likeness (QED) is 0.521. The molecule has 0 aromatic heterocycles. The number of methoxy groups -OCH3 is 1. The van der Waals surface area contributed by atoms with Crippen molar-refractivity contribution in [1.82, 2.24) is 0 Å². The molecule has 86 valence electrons. The van der Waals surface area contributed by atoms with Gasteiger partial charge in [0.25, 0.3) is 5.69 Å². The highest BCUT2D eigenvalue weighted by Crippen LogP contribution is 2.30. The van der Waals surface area contributed by atoms with Crippen molar-refractivity contribution in [1.29, 1.82) is 0 Å². The molecule has 0 unspecified atom stereocenters. The van der Waals surface area contributed by atoms with Gasteiger partial charge in [0.15, 0.2) is 0 Å². The van der Waals surface area contributed by atoms with Gasteiger partial charge in [0.2, 0.25) is 0 Å². The van der Waals surface area contributed by atoms with Crippen LogP contribution in [0.4, 0.5) is 5.69 Å². The number of carboxylic acids is 1. The second-order valence-electron chi connectivity index (χ2n) is 2.88. The number of halogens is 1. The Kier molecular flexibility index (Phi) is 3.83. The number of nitrogens with zero attached hydrogens (tertiary/aromatic N) is 1. The molecule has 0 saturated heterocycles. The van der Waals surface area contributed by atoms with Crippen LogP contribution in [-0.4, -0.2) is 23.1 Å². The first kappa shape index (κ1) is 12.4. The van der Waals surface area contributed by atoms with Gasteiger partial charge in [0.05, 0.1) is 12.0 Å². The smallest absolute Gasteiger partial charge is 0.342 e. The van der Waals surface area contributed by atoms with Crippen LogP contribution in [0.25, 0.3) is 0 Å². The molecule has 0 fully saturated rings. The van der Waals surface area contributed by atoms with Crippen molar-refractivity contribution in [3.8, 4) is 5.75 Å². The third-order valence-electron chi connectivity index (χ3n) is 1.96. The Morgan fingerprint density at radius 1 is 1.62 bits per heavy atom. The van der Waals surface area contributed by atoms with E-state index in [-0.39, 0.29) is 22.2 Å². The second kappa shape index (κ2) is 4.93. The minimum Gasteiger partial charge on any atom is -0.497 e. The molecular formula is C9H8BrNO5. The summed E-state index contributed by atoms with van der Waals surface area (Å²) in [7, 11) is 1.37. The van der Waals surface area contributed by atoms with Gasteiger partial charge >= 0.3 is 5.97 Å². The highest BCUT2D eigenvalue weighted by atomic mass is 79.9. The standard InChI is InChI=1S/C9H8BrNO5/c1-16-6-2-5(4-10)8(11(14)15)7(3-6)9(12)13/h2-3H,4H2,1H3,(H,12,13). The first-order valence-corrected chi connectivity index (χ1v) is 5.28. The summed E-state index contributed by atoms with van der Waals surface area (Å²) in [6.45, 7) is 0. The Bertz CT molecular complexity index is 446. The van der Waals surface area contributed by atoms with E-state index in [1.165, 1.54) is 13.2 Å². The van der Waals surface area contributed by atoms with Gasteiger partial charge in [-0.2, -0.15) is 0 Å². The van der Waals surface area contributed by atoms with E-state index in [0.29, 0.717) is 0 Å². The molecule has 1 N–H and O–H groups in total. The van der Waals surface area contributed by atoms with Crippen molar-refractivity contribution in [2.45, 2.75) is 5.33 Å². The number of hydrogen-bond donors (Lipinski definition) is 1. The molecule has 16 heavy (non-hydrogen) atoms. The van der Waals surface area contributed by atoms with Crippen molar-refractivity contribution in [2.75, 3.05) is 7.11 Å². The SMILES string of the molecule is COc1cc(CBr)c([N+](=O)[O-])c(C(=O)O)c1. The summed E-state index contributed by atoms with van der Waals surface area (Å²) in [5.41, 5.74) is -0.522. The van der Waals surface area contributed by atoms with Crippen LogP contribution in [0.5, 0.6) is 5.75 Å². The number of hydrogen-bond acceptors (Lipinski definition) is 4. The zero-order valence-electron chi connectivity index (χ0n) is 8.27. The Labute approximate surface area is 99.1 Å². The zero-order valence-corrected chi connectivity index (χ0v) is 9.85. The highest BCUT2D eigenvalue weighted by Gasteiger charge is 2.25. The Morgan fingerprint density at radius 2 is 2.25 bits per heavy atom. The van der Waals surface area contributed by atoms with Crippen LogP contribution in [-0.2, 0) is 5.33 Å². The topological polar surface area (TPSA) is 89.7 Å². The zero-order chi connectivity index (χ0) is 12.3. The minimum atomic E-state index is -1.35. The van der Waals surface area contributed by atoms with Crippen LogP contribution >= 0.6 is 15.9 Å². The van der Waals surface area contributed by atoms with Gasteiger partial charge in [-0.3, -0.25) is 10.1 Å². The summed E-state index contributed by atoms with van der Waals surface area (Å²) >= 11 is 3.07. The summed E-state index contributed by atoms with van der Waals surface area (Å²) in [4.78, 5) is 21.0. The van der Waals surface area contributed by atoms with E-state index in [9.17, 15) is 14.9 Å². The molecule has 0 amide bonds. The fourth-order valence-corrected chi connectivity index (χ4v) is 1.69. The Morgan fingerprint density at radius 3 is 2.62 bits per heavy atom. The van der Waals surface area contributed by atoms with E-state index >= 15 is 0 Å². The average Bonchev–Trinajstić information content (AvgIpc) is 2.26. The van der Waals surface area contributed by atoms with E-state index in [1.807, 2.05) is 0 Å². The summed E-state index contributed by atoms with van der Waals surface area (Å²) in [6, 6.07) is 2.56. The third-order valence-corrected chi connectivity index (χ3v) is 2.56. The number of carboxylic acid groups (broad SMARTS) is 1. The molecule has 1 aromatic carbocycles. The molecule has 0 atom stereocenters. The van der Waals surface area contributed by atoms with Crippen LogP contribution in [0.3, 0.4) is 0 Å². The van der Waals surface area contributed by atoms with Crippen molar-refractivity contribution >= 4 is 27.6 Å². The maximum Gasteiger partial charge on any atom is 0.342 e. The predicted octanol–water partition coefficient (Wildman–Crippen LogP) is 2.20. The fourth-order valence-electron chi connectivity index (χ4n) is 1.26. The molecular weight excluding hydrogens is 282 g/mol. The summed E-state index contributed by atoms with van der Waals surface area (Å²) in [6.07, 6.45) is 0. The molecule has 0 aliphatic carbocycles.